The lowest BCUT2D eigenvalue weighted by molar-refractivity contribution is -0.0707. The molecule has 0 radical (unpaired) electrons. The molecule has 2 rings (SSSR count). The molecule has 0 N–H and O–H groups in total. The fourth-order valence-corrected chi connectivity index (χ4v) is 2.51. The van der Waals surface area contributed by atoms with Gasteiger partial charge in [-0.25, -0.2) is 0 Å². The highest BCUT2D eigenvalue weighted by Crippen LogP contribution is 2.41. The Bertz CT molecular complexity index is 771. The predicted molar refractivity (Wildman–Crippen MR) is 85.7 cm³/mol. The van der Waals surface area contributed by atoms with Gasteiger partial charge in [0, 0.05) is 0 Å². The fraction of sp³-hybridized carbons (Fsp3) is 0.111. The largest absolute Gasteiger partial charge is 0.418 e. The summed E-state index contributed by atoms with van der Waals surface area (Å²) in [5.41, 5.74) is -3.17. The maximum atomic E-state index is 13.4. The second-order valence-electron chi connectivity index (χ2n) is 5.01. The monoisotopic (exact) mass is 376 g/mol. The third-order valence-corrected chi connectivity index (χ3v) is 3.54. The first-order valence-corrected chi connectivity index (χ1v) is 7.35. The third-order valence-electron chi connectivity index (χ3n) is 3.25. The molecule has 0 nitrogen and oxygen atoms in total. The number of halogens is 7. The van der Waals surface area contributed by atoms with Crippen molar-refractivity contribution in [3.05, 3.63) is 82.9 Å². The molecule has 0 aliphatic carbocycles. The molecule has 2 aromatic rings. The van der Waals surface area contributed by atoms with Gasteiger partial charge in [-0.2, -0.15) is 26.3 Å². The number of rotatable bonds is 3. The van der Waals surface area contributed by atoms with Crippen LogP contribution in [0.1, 0.15) is 11.1 Å². The van der Waals surface area contributed by atoms with E-state index in [1.165, 1.54) is 36.4 Å². The van der Waals surface area contributed by atoms with Crippen molar-refractivity contribution in [1.82, 2.24) is 0 Å². The lowest BCUT2D eigenvalue weighted by atomic mass is 10.0. The molecular formula is C18H11ClF6. The van der Waals surface area contributed by atoms with E-state index in [0.29, 0.717) is 6.08 Å². The maximum Gasteiger partial charge on any atom is 0.418 e. The van der Waals surface area contributed by atoms with Gasteiger partial charge in [0.05, 0.1) is 16.2 Å². The van der Waals surface area contributed by atoms with Crippen molar-refractivity contribution in [2.75, 3.05) is 0 Å². The zero-order valence-corrected chi connectivity index (χ0v) is 13.3. The summed E-state index contributed by atoms with van der Waals surface area (Å²) in [7, 11) is 0. The molecule has 0 aliphatic heterocycles. The quantitative estimate of drug-likeness (QED) is 0.406. The van der Waals surface area contributed by atoms with Crippen molar-refractivity contribution < 1.29 is 26.3 Å². The van der Waals surface area contributed by atoms with Gasteiger partial charge in [0.25, 0.3) is 0 Å². The van der Waals surface area contributed by atoms with E-state index in [0.717, 1.165) is 24.3 Å². The summed E-state index contributed by atoms with van der Waals surface area (Å²) in [5.74, 6) is 0. The van der Waals surface area contributed by atoms with Crippen molar-refractivity contribution in [2.45, 2.75) is 12.4 Å². The molecule has 0 spiro atoms. The van der Waals surface area contributed by atoms with E-state index >= 15 is 0 Å². The minimum absolute atomic E-state index is 0.275. The second kappa shape index (κ2) is 7.35. The van der Waals surface area contributed by atoms with Crippen LogP contribution >= 0.6 is 11.6 Å². The van der Waals surface area contributed by atoms with Crippen LogP contribution in [0.4, 0.5) is 26.3 Å². The Balaban J connectivity index is 2.69. The van der Waals surface area contributed by atoms with Gasteiger partial charge in [-0.15, -0.1) is 0 Å². The minimum atomic E-state index is -4.91. The molecule has 25 heavy (non-hydrogen) atoms. The molecule has 2 aromatic carbocycles. The molecule has 0 aromatic heterocycles. The van der Waals surface area contributed by atoms with Crippen LogP contribution in [0.25, 0.3) is 11.1 Å². The zero-order valence-electron chi connectivity index (χ0n) is 12.5. The first-order valence-electron chi connectivity index (χ1n) is 6.97. The Labute approximate surface area is 145 Å². The lowest BCUT2D eigenvalue weighted by Gasteiger charge is -2.16. The number of allylic oxidation sites excluding steroid dienone is 4. The number of hydrogen-bond donors (Lipinski definition) is 0. The van der Waals surface area contributed by atoms with E-state index < -0.39 is 28.5 Å². The van der Waals surface area contributed by atoms with Gasteiger partial charge in [-0.3, -0.25) is 0 Å². The minimum Gasteiger partial charge on any atom is -0.166 e. The molecule has 0 amide bonds. The Hall–Kier alpha value is -2.21. The van der Waals surface area contributed by atoms with Crippen LogP contribution in [-0.2, 0) is 0 Å². The van der Waals surface area contributed by atoms with E-state index in [1.807, 2.05) is 0 Å². The number of alkyl halides is 6. The molecule has 0 unspecified atom stereocenters. The fourth-order valence-electron chi connectivity index (χ4n) is 2.19. The van der Waals surface area contributed by atoms with Crippen molar-refractivity contribution in [1.29, 1.82) is 0 Å². The van der Waals surface area contributed by atoms with E-state index in [1.54, 1.807) is 0 Å². The van der Waals surface area contributed by atoms with Gasteiger partial charge in [0.2, 0.25) is 0 Å². The first kappa shape index (κ1) is 19.1. The van der Waals surface area contributed by atoms with Gasteiger partial charge in [0.1, 0.15) is 0 Å². The van der Waals surface area contributed by atoms with Crippen LogP contribution in [0.15, 0.2) is 71.8 Å². The Morgan fingerprint density at radius 1 is 0.680 bits per heavy atom. The average Bonchev–Trinajstić information content (AvgIpc) is 2.52. The summed E-state index contributed by atoms with van der Waals surface area (Å²) in [6.07, 6.45) is -9.47. The zero-order chi connectivity index (χ0) is 18.7. The number of hydrogen-bond acceptors (Lipinski definition) is 0. The number of benzene rings is 2. The maximum absolute atomic E-state index is 13.4. The van der Waals surface area contributed by atoms with Gasteiger partial charge < -0.3 is 0 Å². The van der Waals surface area contributed by atoms with Gasteiger partial charge >= 0.3 is 12.4 Å². The Kier molecular flexibility index (Phi) is 5.62. The van der Waals surface area contributed by atoms with Crippen LogP contribution < -0.4 is 0 Å². The van der Waals surface area contributed by atoms with Crippen molar-refractivity contribution in [2.24, 2.45) is 0 Å². The lowest BCUT2D eigenvalue weighted by Crippen LogP contribution is -2.14. The Morgan fingerprint density at radius 2 is 1.12 bits per heavy atom. The molecule has 0 bridgehead atoms. The average molecular weight is 377 g/mol. The Morgan fingerprint density at radius 3 is 1.52 bits per heavy atom. The van der Waals surface area contributed by atoms with Gasteiger partial charge in [-0.05, 0) is 17.2 Å². The summed E-state index contributed by atoms with van der Waals surface area (Å²) >= 11 is 5.70. The molecule has 0 heterocycles. The first-order chi connectivity index (χ1) is 11.6. The molecule has 0 fully saturated rings. The van der Waals surface area contributed by atoms with E-state index in [2.05, 4.69) is 0 Å². The smallest absolute Gasteiger partial charge is 0.166 e. The van der Waals surface area contributed by atoms with Crippen molar-refractivity contribution in [3.8, 4) is 0 Å². The molecule has 0 saturated carbocycles. The molecule has 132 valence electrons. The van der Waals surface area contributed by atoms with Crippen LogP contribution in [0.2, 0.25) is 0 Å². The highest BCUT2D eigenvalue weighted by atomic mass is 35.5. The summed E-state index contributed by atoms with van der Waals surface area (Å²) in [5, 5.41) is -1.03. The molecular weight excluding hydrogens is 366 g/mol. The van der Waals surface area contributed by atoms with Crippen LogP contribution in [0, 0.1) is 0 Å². The summed E-state index contributed by atoms with van der Waals surface area (Å²) in [6.45, 7) is 0. The topological polar surface area (TPSA) is 0 Å². The molecule has 0 saturated heterocycles. The predicted octanol–water partition coefficient (Wildman–Crippen LogP) is 6.84. The summed E-state index contributed by atoms with van der Waals surface area (Å²) in [6, 6.07) is 13.0. The normalized spacial score (nSPS) is 14.3. The van der Waals surface area contributed by atoms with E-state index in [4.69, 9.17) is 11.6 Å². The highest BCUT2D eigenvalue weighted by molar-refractivity contribution is 6.35. The van der Waals surface area contributed by atoms with Crippen LogP contribution in [0.5, 0.6) is 0 Å². The van der Waals surface area contributed by atoms with Gasteiger partial charge in [0.15, 0.2) is 0 Å². The van der Waals surface area contributed by atoms with Crippen LogP contribution in [0.3, 0.4) is 0 Å². The van der Waals surface area contributed by atoms with Crippen molar-refractivity contribution in [3.63, 3.8) is 0 Å². The van der Waals surface area contributed by atoms with Crippen molar-refractivity contribution >= 4 is 22.7 Å². The standard InChI is InChI=1S/C18H11ClF6/c19-15(16(18(23,24)25)13-9-5-2-6-10-13)11-14(17(20,21)22)12-7-3-1-4-8-12/h1-11H/b14-11-,16-15-. The highest BCUT2D eigenvalue weighted by Gasteiger charge is 2.39. The van der Waals surface area contributed by atoms with E-state index in [-0.39, 0.29) is 11.1 Å². The van der Waals surface area contributed by atoms with Gasteiger partial charge in [-0.1, -0.05) is 72.3 Å². The summed E-state index contributed by atoms with van der Waals surface area (Å²) < 4.78 is 80.0. The van der Waals surface area contributed by atoms with E-state index in [9.17, 15) is 26.3 Å². The second-order valence-corrected chi connectivity index (χ2v) is 5.42. The van der Waals surface area contributed by atoms with Crippen LogP contribution in [-0.4, -0.2) is 12.4 Å². The third kappa shape index (κ3) is 4.89. The summed E-state index contributed by atoms with van der Waals surface area (Å²) in [4.78, 5) is 0. The molecule has 0 aliphatic rings. The SMILES string of the molecule is FC(F)(F)/C(=C\C(Cl)=C(/c1ccccc1)C(F)(F)F)c1ccccc1. The molecule has 7 heteroatoms. The molecule has 0 atom stereocenters.